The van der Waals surface area contributed by atoms with Crippen LogP contribution in [0, 0.1) is 0 Å². The zero-order valence-electron chi connectivity index (χ0n) is 15.7. The van der Waals surface area contributed by atoms with Crippen molar-refractivity contribution in [2.45, 2.75) is 6.54 Å². The molecule has 9 nitrogen and oxygen atoms in total. The highest BCUT2D eigenvalue weighted by molar-refractivity contribution is 6.30. The molecule has 4 aromatic rings. The quantitative estimate of drug-likeness (QED) is 0.400. The SMILES string of the molecule is Cn1c(NN=Cc2ccco2)nc2c1c(=O)n(Cc1ccc(Cl)cc1)c(=O)n2C. The predicted molar refractivity (Wildman–Crippen MR) is 111 cm³/mol. The Morgan fingerprint density at radius 3 is 2.62 bits per heavy atom. The fourth-order valence-electron chi connectivity index (χ4n) is 2.97. The van der Waals surface area contributed by atoms with E-state index in [9.17, 15) is 9.59 Å². The number of benzene rings is 1. The molecule has 0 aliphatic rings. The highest BCUT2D eigenvalue weighted by Gasteiger charge is 2.18. The lowest BCUT2D eigenvalue weighted by Crippen LogP contribution is -2.39. The number of imidazole rings is 1. The van der Waals surface area contributed by atoms with Gasteiger partial charge in [-0.1, -0.05) is 23.7 Å². The molecule has 0 saturated carbocycles. The van der Waals surface area contributed by atoms with Crippen molar-refractivity contribution in [1.29, 1.82) is 0 Å². The van der Waals surface area contributed by atoms with Gasteiger partial charge in [-0.25, -0.2) is 10.2 Å². The Morgan fingerprint density at radius 2 is 1.93 bits per heavy atom. The van der Waals surface area contributed by atoms with E-state index < -0.39 is 11.2 Å². The first-order valence-corrected chi connectivity index (χ1v) is 9.07. The normalized spacial score (nSPS) is 11.6. The second-order valence-corrected chi connectivity index (χ2v) is 6.85. The number of aryl methyl sites for hydroxylation is 2. The molecule has 0 atom stereocenters. The summed E-state index contributed by atoms with van der Waals surface area (Å²) in [6.07, 6.45) is 3.02. The lowest BCUT2D eigenvalue weighted by atomic mass is 10.2. The Labute approximate surface area is 169 Å². The minimum Gasteiger partial charge on any atom is -0.463 e. The number of nitrogens with one attached hydrogen (secondary N) is 1. The topological polar surface area (TPSA) is 99.3 Å². The number of nitrogens with zero attached hydrogens (tertiary/aromatic N) is 5. The van der Waals surface area contributed by atoms with E-state index in [1.54, 1.807) is 55.1 Å². The number of fused-ring (bicyclic) bond motifs is 1. The zero-order valence-corrected chi connectivity index (χ0v) is 16.4. The van der Waals surface area contributed by atoms with Crippen molar-refractivity contribution in [3.05, 3.63) is 79.8 Å². The summed E-state index contributed by atoms with van der Waals surface area (Å²) in [6.45, 7) is 0.128. The van der Waals surface area contributed by atoms with Crippen molar-refractivity contribution in [3.63, 3.8) is 0 Å². The fourth-order valence-corrected chi connectivity index (χ4v) is 3.10. The van der Waals surface area contributed by atoms with Crippen molar-refractivity contribution in [2.24, 2.45) is 19.2 Å². The van der Waals surface area contributed by atoms with Gasteiger partial charge in [0, 0.05) is 19.1 Å². The Hall–Kier alpha value is -3.59. The van der Waals surface area contributed by atoms with Gasteiger partial charge in [-0.3, -0.25) is 13.9 Å². The maximum absolute atomic E-state index is 13.0. The molecule has 0 spiro atoms. The molecule has 4 rings (SSSR count). The Balaban J connectivity index is 1.75. The van der Waals surface area contributed by atoms with Gasteiger partial charge in [0.15, 0.2) is 11.2 Å². The van der Waals surface area contributed by atoms with Gasteiger partial charge in [-0.15, -0.1) is 0 Å². The van der Waals surface area contributed by atoms with Crippen molar-refractivity contribution >= 4 is 34.9 Å². The number of hydrogen-bond donors (Lipinski definition) is 1. The van der Waals surface area contributed by atoms with Gasteiger partial charge in [-0.2, -0.15) is 10.1 Å². The minimum absolute atomic E-state index is 0.128. The summed E-state index contributed by atoms with van der Waals surface area (Å²) in [6, 6.07) is 10.5. The number of rotatable bonds is 5. The Kier molecular flexibility index (Phi) is 4.81. The summed E-state index contributed by atoms with van der Waals surface area (Å²) >= 11 is 5.91. The zero-order chi connectivity index (χ0) is 20.5. The molecule has 10 heteroatoms. The van der Waals surface area contributed by atoms with Crippen LogP contribution >= 0.6 is 11.6 Å². The molecule has 3 aromatic heterocycles. The van der Waals surface area contributed by atoms with Crippen LogP contribution in [0.15, 0.2) is 61.8 Å². The summed E-state index contributed by atoms with van der Waals surface area (Å²) in [5.41, 5.74) is 3.23. The Morgan fingerprint density at radius 1 is 1.17 bits per heavy atom. The minimum atomic E-state index is -0.457. The third-order valence-corrected chi connectivity index (χ3v) is 4.77. The number of aromatic nitrogens is 4. The Bertz CT molecular complexity index is 1310. The monoisotopic (exact) mass is 412 g/mol. The second-order valence-electron chi connectivity index (χ2n) is 6.41. The van der Waals surface area contributed by atoms with Crippen molar-refractivity contribution in [1.82, 2.24) is 18.7 Å². The molecule has 1 N–H and O–H groups in total. The van der Waals surface area contributed by atoms with Crippen LogP contribution in [0.5, 0.6) is 0 Å². The van der Waals surface area contributed by atoms with E-state index in [0.29, 0.717) is 16.7 Å². The summed E-state index contributed by atoms with van der Waals surface area (Å²) in [5, 5.41) is 4.64. The van der Waals surface area contributed by atoms with Crippen LogP contribution in [0.3, 0.4) is 0 Å². The summed E-state index contributed by atoms with van der Waals surface area (Å²) in [4.78, 5) is 30.2. The third-order valence-electron chi connectivity index (χ3n) is 4.51. The van der Waals surface area contributed by atoms with Crippen LogP contribution in [0.25, 0.3) is 11.2 Å². The van der Waals surface area contributed by atoms with Gasteiger partial charge in [0.2, 0.25) is 5.95 Å². The molecule has 148 valence electrons. The summed E-state index contributed by atoms with van der Waals surface area (Å²) in [5.74, 6) is 0.883. The van der Waals surface area contributed by atoms with Crippen LogP contribution < -0.4 is 16.7 Å². The molecule has 0 unspecified atom stereocenters. The van der Waals surface area contributed by atoms with Crippen LogP contribution in [0.4, 0.5) is 5.95 Å². The van der Waals surface area contributed by atoms with Gasteiger partial charge in [-0.05, 0) is 29.8 Å². The molecule has 0 aliphatic heterocycles. The van der Waals surface area contributed by atoms with E-state index in [0.717, 1.165) is 5.56 Å². The molecule has 0 aliphatic carbocycles. The number of halogens is 1. The van der Waals surface area contributed by atoms with Crippen molar-refractivity contribution in [3.8, 4) is 0 Å². The molecule has 0 amide bonds. The van der Waals surface area contributed by atoms with E-state index >= 15 is 0 Å². The maximum Gasteiger partial charge on any atom is 0.332 e. The first-order chi connectivity index (χ1) is 14.0. The molecule has 0 saturated heterocycles. The lowest BCUT2D eigenvalue weighted by Gasteiger charge is -2.08. The molecular weight excluding hydrogens is 396 g/mol. The van der Waals surface area contributed by atoms with Crippen LogP contribution in [-0.2, 0) is 20.6 Å². The van der Waals surface area contributed by atoms with Gasteiger partial charge < -0.3 is 8.98 Å². The highest BCUT2D eigenvalue weighted by atomic mass is 35.5. The van der Waals surface area contributed by atoms with Crippen LogP contribution in [0.1, 0.15) is 11.3 Å². The summed E-state index contributed by atoms with van der Waals surface area (Å²) < 4.78 is 9.25. The predicted octanol–water partition coefficient (Wildman–Crippen LogP) is 2.17. The van der Waals surface area contributed by atoms with Crippen molar-refractivity contribution < 1.29 is 4.42 Å². The van der Waals surface area contributed by atoms with Gasteiger partial charge >= 0.3 is 5.69 Å². The number of furan rings is 1. The molecule has 3 heterocycles. The number of anilines is 1. The smallest absolute Gasteiger partial charge is 0.332 e. The van der Waals surface area contributed by atoms with E-state index in [1.165, 1.54) is 21.6 Å². The lowest BCUT2D eigenvalue weighted by molar-refractivity contribution is 0.560. The molecule has 0 radical (unpaired) electrons. The molecule has 0 fully saturated rings. The molecule has 1 aromatic carbocycles. The molecular formula is C19H17ClN6O3. The van der Waals surface area contributed by atoms with E-state index in [4.69, 9.17) is 16.0 Å². The molecule has 29 heavy (non-hydrogen) atoms. The first-order valence-electron chi connectivity index (χ1n) is 8.69. The third kappa shape index (κ3) is 3.47. The average molecular weight is 413 g/mol. The first kappa shape index (κ1) is 18.8. The fraction of sp³-hybridized carbons (Fsp3) is 0.158. The number of hydrogen-bond acceptors (Lipinski definition) is 6. The highest BCUT2D eigenvalue weighted by Crippen LogP contribution is 2.14. The van der Waals surface area contributed by atoms with Gasteiger partial charge in [0.05, 0.1) is 19.0 Å². The maximum atomic E-state index is 13.0. The molecule has 0 bridgehead atoms. The number of hydrazone groups is 1. The largest absolute Gasteiger partial charge is 0.463 e. The van der Waals surface area contributed by atoms with Gasteiger partial charge in [0.25, 0.3) is 5.56 Å². The van der Waals surface area contributed by atoms with E-state index in [-0.39, 0.29) is 17.7 Å². The van der Waals surface area contributed by atoms with Crippen LogP contribution in [0.2, 0.25) is 5.02 Å². The standard InChI is InChI=1S/C19H17ClN6O3/c1-24-15-16(22-18(24)23-21-10-14-4-3-9-29-14)25(2)19(28)26(17(15)27)11-12-5-7-13(20)8-6-12/h3-10H,11H2,1-2H3,(H,22,23). The average Bonchev–Trinajstić information content (AvgIpc) is 3.34. The van der Waals surface area contributed by atoms with Crippen LogP contribution in [-0.4, -0.2) is 24.9 Å². The van der Waals surface area contributed by atoms with E-state index in [1.807, 2.05) is 0 Å². The van der Waals surface area contributed by atoms with Gasteiger partial charge in [0.1, 0.15) is 5.76 Å². The summed E-state index contributed by atoms with van der Waals surface area (Å²) in [7, 11) is 3.25. The second kappa shape index (κ2) is 7.44. The van der Waals surface area contributed by atoms with E-state index in [2.05, 4.69) is 15.5 Å². The van der Waals surface area contributed by atoms with Crippen molar-refractivity contribution in [2.75, 3.05) is 5.43 Å².